The summed E-state index contributed by atoms with van der Waals surface area (Å²) in [7, 11) is 0. The van der Waals surface area contributed by atoms with E-state index in [1.807, 2.05) is 6.92 Å². The monoisotopic (exact) mass is 243 g/mol. The van der Waals surface area contributed by atoms with Crippen LogP contribution in [-0.4, -0.2) is 31.3 Å². The molecule has 7 nitrogen and oxygen atoms in total. The van der Waals surface area contributed by atoms with E-state index in [0.717, 1.165) is 23.9 Å². The first-order chi connectivity index (χ1) is 8.83. The first-order valence-corrected chi connectivity index (χ1v) is 5.56. The molecule has 2 N–H and O–H groups in total. The van der Waals surface area contributed by atoms with Crippen molar-refractivity contribution in [1.82, 2.24) is 25.0 Å². The zero-order valence-corrected chi connectivity index (χ0v) is 9.71. The maximum Gasteiger partial charge on any atom is 0.375 e. The Morgan fingerprint density at radius 1 is 1.39 bits per heavy atom. The van der Waals surface area contributed by atoms with Gasteiger partial charge in [-0.2, -0.15) is 4.98 Å². The van der Waals surface area contributed by atoms with E-state index >= 15 is 0 Å². The Morgan fingerprint density at radius 3 is 3.00 bits per heavy atom. The fourth-order valence-electron chi connectivity index (χ4n) is 1.89. The molecule has 0 saturated carbocycles. The number of imidazole rings is 1. The second kappa shape index (κ2) is 4.02. The molecule has 0 aliphatic carbocycles. The highest BCUT2D eigenvalue weighted by Gasteiger charge is 2.19. The predicted octanol–water partition coefficient (Wildman–Crippen LogP) is 0.333. The van der Waals surface area contributed by atoms with Crippen molar-refractivity contribution >= 4 is 17.5 Å². The van der Waals surface area contributed by atoms with Crippen molar-refractivity contribution in [2.45, 2.75) is 13.3 Å². The molecular weight excluding hydrogens is 232 g/mol. The molecule has 0 fully saturated rings. The van der Waals surface area contributed by atoms with Crippen LogP contribution in [0.4, 0.5) is 0 Å². The zero-order chi connectivity index (χ0) is 12.5. The summed E-state index contributed by atoms with van der Waals surface area (Å²) in [4.78, 5) is 26.3. The number of rotatable bonds is 3. The van der Waals surface area contributed by atoms with Crippen LogP contribution in [0.25, 0.3) is 17.0 Å². The number of carbonyl (C=O) groups excluding carboxylic acids is 1. The second-order valence-electron chi connectivity index (χ2n) is 3.81. The highest BCUT2D eigenvalue weighted by Crippen LogP contribution is 2.10. The van der Waals surface area contributed by atoms with Gasteiger partial charge in [-0.25, -0.2) is 10.1 Å². The van der Waals surface area contributed by atoms with Gasteiger partial charge in [-0.1, -0.05) is 6.92 Å². The number of fused-ring (bicyclic) bond motifs is 1. The smallest absolute Gasteiger partial charge is 0.336 e. The number of hydrogen-bond acceptors (Lipinski definition) is 4. The molecule has 7 heteroatoms. The van der Waals surface area contributed by atoms with Crippen molar-refractivity contribution in [1.29, 1.82) is 0 Å². The molecule has 0 saturated heterocycles. The largest absolute Gasteiger partial charge is 0.375 e. The quantitative estimate of drug-likeness (QED) is 0.512. The van der Waals surface area contributed by atoms with Gasteiger partial charge in [-0.3, -0.25) is 4.79 Å². The van der Waals surface area contributed by atoms with E-state index in [2.05, 4.69) is 25.0 Å². The summed E-state index contributed by atoms with van der Waals surface area (Å²) in [5.74, 6) is 0.639. The van der Waals surface area contributed by atoms with Crippen LogP contribution in [0.3, 0.4) is 0 Å². The Kier molecular flexibility index (Phi) is 2.36. The summed E-state index contributed by atoms with van der Waals surface area (Å²) >= 11 is 0. The van der Waals surface area contributed by atoms with Gasteiger partial charge in [-0.05, 0) is 11.4 Å². The molecular formula is C11H11N6O+. The van der Waals surface area contributed by atoms with Crippen molar-refractivity contribution < 1.29 is 9.48 Å². The molecule has 0 aliphatic heterocycles. The number of hydrogen-bond donors (Lipinski definition) is 2. The van der Waals surface area contributed by atoms with Gasteiger partial charge in [0.15, 0.2) is 17.5 Å². The number of H-pyrrole nitrogens is 2. The van der Waals surface area contributed by atoms with Crippen LogP contribution in [0.15, 0.2) is 18.9 Å². The summed E-state index contributed by atoms with van der Waals surface area (Å²) in [5.41, 5.74) is 2.82. The van der Waals surface area contributed by atoms with Crippen molar-refractivity contribution in [3.8, 4) is 5.82 Å². The van der Waals surface area contributed by atoms with E-state index < -0.39 is 0 Å². The average molecular weight is 243 g/mol. The van der Waals surface area contributed by atoms with Crippen LogP contribution >= 0.6 is 0 Å². The molecule has 0 atom stereocenters. The van der Waals surface area contributed by atoms with E-state index in [-0.39, 0.29) is 0 Å². The molecule has 0 amide bonds. The molecule has 0 bridgehead atoms. The lowest BCUT2D eigenvalue weighted by atomic mass is 10.2. The minimum absolute atomic E-state index is 0.591. The van der Waals surface area contributed by atoms with E-state index in [4.69, 9.17) is 0 Å². The fraction of sp³-hybridized carbons (Fsp3) is 0.182. The second-order valence-corrected chi connectivity index (χ2v) is 3.81. The maximum absolute atomic E-state index is 11.0. The molecule has 3 aromatic rings. The zero-order valence-electron chi connectivity index (χ0n) is 9.71. The van der Waals surface area contributed by atoms with Crippen LogP contribution in [0.2, 0.25) is 0 Å². The van der Waals surface area contributed by atoms with Gasteiger partial charge in [0, 0.05) is 0 Å². The molecule has 3 rings (SSSR count). The number of aromatic nitrogens is 6. The molecule has 18 heavy (non-hydrogen) atoms. The van der Waals surface area contributed by atoms with Gasteiger partial charge in [0.2, 0.25) is 6.33 Å². The average Bonchev–Trinajstić information content (AvgIpc) is 3.04. The van der Waals surface area contributed by atoms with Crippen molar-refractivity contribution in [2.75, 3.05) is 0 Å². The van der Waals surface area contributed by atoms with Gasteiger partial charge in [-0.15, -0.1) is 4.68 Å². The Bertz CT molecular complexity index is 713. The maximum atomic E-state index is 11.0. The third kappa shape index (κ3) is 1.48. The summed E-state index contributed by atoms with van der Waals surface area (Å²) < 4.78 is 1.70. The van der Waals surface area contributed by atoms with Crippen LogP contribution < -0.4 is 4.68 Å². The predicted molar refractivity (Wildman–Crippen MR) is 62.3 cm³/mol. The first-order valence-electron chi connectivity index (χ1n) is 5.56. The summed E-state index contributed by atoms with van der Waals surface area (Å²) in [6.45, 7) is 1.98. The highest BCUT2D eigenvalue weighted by atomic mass is 16.1. The van der Waals surface area contributed by atoms with E-state index in [0.29, 0.717) is 17.0 Å². The molecule has 0 radical (unpaired) electrons. The summed E-state index contributed by atoms with van der Waals surface area (Å²) in [6.07, 6.45) is 6.30. The number of aromatic amines is 2. The molecule has 90 valence electrons. The van der Waals surface area contributed by atoms with Crippen LogP contribution in [0, 0.1) is 0 Å². The lowest BCUT2D eigenvalue weighted by molar-refractivity contribution is -0.658. The van der Waals surface area contributed by atoms with Gasteiger partial charge in [0.05, 0.1) is 17.6 Å². The molecule has 0 aromatic carbocycles. The Morgan fingerprint density at radius 2 is 2.28 bits per heavy atom. The Balaban J connectivity index is 2.22. The van der Waals surface area contributed by atoms with Crippen LogP contribution in [0.1, 0.15) is 23.0 Å². The van der Waals surface area contributed by atoms with Crippen molar-refractivity contribution in [2.24, 2.45) is 0 Å². The Labute approximate surface area is 102 Å². The molecule has 0 spiro atoms. The number of nitrogens with zero attached hydrogens (tertiary/aromatic N) is 4. The topological polar surface area (TPSA) is 91.2 Å². The SMILES string of the molecule is CCc1[nH][n+](-c2ncnc3nc[nH]c23)cc1C=O. The highest BCUT2D eigenvalue weighted by molar-refractivity contribution is 5.76. The number of nitrogens with one attached hydrogen (secondary N) is 2. The van der Waals surface area contributed by atoms with Gasteiger partial charge >= 0.3 is 5.82 Å². The fourth-order valence-corrected chi connectivity index (χ4v) is 1.89. The lowest BCUT2D eigenvalue weighted by Gasteiger charge is -1.91. The van der Waals surface area contributed by atoms with E-state index in [1.54, 1.807) is 17.2 Å². The molecule has 0 aliphatic rings. The van der Waals surface area contributed by atoms with Crippen molar-refractivity contribution in [3.05, 3.63) is 30.1 Å². The van der Waals surface area contributed by atoms with Crippen LogP contribution in [0.5, 0.6) is 0 Å². The van der Waals surface area contributed by atoms with E-state index in [9.17, 15) is 4.79 Å². The van der Waals surface area contributed by atoms with Gasteiger partial charge in [0.25, 0.3) is 0 Å². The minimum Gasteiger partial charge on any atom is -0.336 e. The lowest BCUT2D eigenvalue weighted by Crippen LogP contribution is -2.33. The molecule has 3 aromatic heterocycles. The first kappa shape index (κ1) is 10.6. The third-order valence-corrected chi connectivity index (χ3v) is 2.78. The van der Waals surface area contributed by atoms with Crippen molar-refractivity contribution in [3.63, 3.8) is 0 Å². The minimum atomic E-state index is 0.591. The molecule has 3 heterocycles. The van der Waals surface area contributed by atoms with Gasteiger partial charge in [0.1, 0.15) is 6.20 Å². The summed E-state index contributed by atoms with van der Waals surface area (Å²) in [5, 5.41) is 3.13. The summed E-state index contributed by atoms with van der Waals surface area (Å²) in [6, 6.07) is 0. The number of aryl methyl sites for hydroxylation is 1. The molecule has 0 unspecified atom stereocenters. The van der Waals surface area contributed by atoms with Gasteiger partial charge < -0.3 is 4.98 Å². The third-order valence-electron chi connectivity index (χ3n) is 2.78. The van der Waals surface area contributed by atoms with Crippen LogP contribution in [-0.2, 0) is 6.42 Å². The van der Waals surface area contributed by atoms with E-state index in [1.165, 1.54) is 6.33 Å². The number of aldehydes is 1. The Hall–Kier alpha value is -2.57. The standard InChI is InChI=1S/C11H10N6O/c1-2-8-7(4-18)3-17(16-8)11-9-10(13-5-12-9)14-6-15-11/h3-6H,2H2,1H3,(H,12,13,14,15)/p+1. The normalized spacial score (nSPS) is 10.9. The number of carbonyl (C=O) groups is 1.